The van der Waals surface area contributed by atoms with E-state index in [0.717, 1.165) is 32.1 Å². The third-order valence-corrected chi connectivity index (χ3v) is 3.31. The van der Waals surface area contributed by atoms with E-state index >= 15 is 0 Å². The minimum atomic E-state index is -0.555. The molecule has 14 heavy (non-hydrogen) atoms. The number of amides is 1. The van der Waals surface area contributed by atoms with Gasteiger partial charge >= 0.3 is 0 Å². The zero-order valence-corrected chi connectivity index (χ0v) is 8.58. The van der Waals surface area contributed by atoms with Gasteiger partial charge in [0.05, 0.1) is 17.7 Å². The maximum Gasteiger partial charge on any atom is 0.240 e. The highest BCUT2D eigenvalue weighted by Crippen LogP contribution is 2.33. The molecule has 0 radical (unpaired) electrons. The lowest BCUT2D eigenvalue weighted by Gasteiger charge is -2.21. The lowest BCUT2D eigenvalue weighted by atomic mass is 10.2. The van der Waals surface area contributed by atoms with E-state index in [1.165, 1.54) is 0 Å². The normalized spacial score (nSPS) is 34.1. The lowest BCUT2D eigenvalue weighted by molar-refractivity contribution is -0.124. The zero-order valence-electron chi connectivity index (χ0n) is 8.58. The maximum atomic E-state index is 11.7. The number of carbonyl (C=O) groups excluding carboxylic acids is 1. The van der Waals surface area contributed by atoms with Crippen molar-refractivity contribution >= 4 is 5.91 Å². The summed E-state index contributed by atoms with van der Waals surface area (Å²) in [6.45, 7) is 0. The molecule has 2 atom stereocenters. The molecular formula is C10H18N2O2. The van der Waals surface area contributed by atoms with Crippen molar-refractivity contribution < 1.29 is 9.53 Å². The zero-order chi connectivity index (χ0) is 10.2. The summed E-state index contributed by atoms with van der Waals surface area (Å²) in [5, 5.41) is 2.99. The summed E-state index contributed by atoms with van der Waals surface area (Å²) < 4.78 is 5.30. The van der Waals surface area contributed by atoms with Crippen molar-refractivity contribution in [3.63, 3.8) is 0 Å². The fourth-order valence-corrected chi connectivity index (χ4v) is 2.05. The molecule has 2 rings (SSSR count). The Morgan fingerprint density at radius 2 is 2.21 bits per heavy atom. The molecule has 0 aliphatic heterocycles. The van der Waals surface area contributed by atoms with Crippen LogP contribution in [0, 0.1) is 0 Å². The van der Waals surface area contributed by atoms with Gasteiger partial charge in [0.2, 0.25) is 5.91 Å². The van der Waals surface area contributed by atoms with Crippen LogP contribution in [0.5, 0.6) is 0 Å². The monoisotopic (exact) mass is 198 g/mol. The summed E-state index contributed by atoms with van der Waals surface area (Å²) in [7, 11) is 1.70. The van der Waals surface area contributed by atoms with Crippen molar-refractivity contribution in [2.75, 3.05) is 7.11 Å². The molecule has 0 heterocycles. The second-order valence-electron chi connectivity index (χ2n) is 4.44. The van der Waals surface area contributed by atoms with Crippen LogP contribution in [0.25, 0.3) is 0 Å². The number of methoxy groups -OCH3 is 1. The third-order valence-electron chi connectivity index (χ3n) is 3.31. The van der Waals surface area contributed by atoms with Gasteiger partial charge < -0.3 is 15.8 Å². The predicted octanol–water partition coefficient (Wildman–Crippen LogP) is 0.161. The highest BCUT2D eigenvalue weighted by atomic mass is 16.5. The van der Waals surface area contributed by atoms with E-state index in [-0.39, 0.29) is 18.1 Å². The molecule has 1 amide bonds. The Hall–Kier alpha value is -0.610. The Morgan fingerprint density at radius 3 is 2.79 bits per heavy atom. The summed E-state index contributed by atoms with van der Waals surface area (Å²) in [5.74, 6) is 0.00597. The van der Waals surface area contributed by atoms with Crippen molar-refractivity contribution in [3.8, 4) is 0 Å². The molecule has 0 aromatic rings. The molecule has 3 N–H and O–H groups in total. The number of carbonyl (C=O) groups is 1. The third kappa shape index (κ3) is 1.77. The van der Waals surface area contributed by atoms with Crippen molar-refractivity contribution in [3.05, 3.63) is 0 Å². The molecular weight excluding hydrogens is 180 g/mol. The van der Waals surface area contributed by atoms with Crippen LogP contribution in [0.3, 0.4) is 0 Å². The first-order valence-corrected chi connectivity index (χ1v) is 5.28. The average molecular weight is 198 g/mol. The summed E-state index contributed by atoms with van der Waals surface area (Å²) in [5.41, 5.74) is 5.25. The van der Waals surface area contributed by atoms with Gasteiger partial charge in [0.25, 0.3) is 0 Å². The van der Waals surface area contributed by atoms with Gasteiger partial charge in [-0.25, -0.2) is 0 Å². The SMILES string of the molecule is COC1CCCC1NC(=O)C1(N)CC1. The number of nitrogens with two attached hydrogens (primary N) is 1. The fourth-order valence-electron chi connectivity index (χ4n) is 2.05. The minimum absolute atomic E-state index is 0.00597. The smallest absolute Gasteiger partial charge is 0.240 e. The van der Waals surface area contributed by atoms with Crippen LogP contribution in [0.15, 0.2) is 0 Å². The Bertz CT molecular complexity index is 238. The Labute approximate surface area is 84.2 Å². The van der Waals surface area contributed by atoms with E-state index < -0.39 is 5.54 Å². The molecule has 2 fully saturated rings. The van der Waals surface area contributed by atoms with Crippen LogP contribution in [-0.2, 0) is 9.53 Å². The predicted molar refractivity (Wildman–Crippen MR) is 52.7 cm³/mol. The number of ether oxygens (including phenoxy) is 1. The minimum Gasteiger partial charge on any atom is -0.379 e. The quantitative estimate of drug-likeness (QED) is 0.679. The summed E-state index contributed by atoms with van der Waals surface area (Å²) in [6, 6.07) is 0.175. The second-order valence-corrected chi connectivity index (χ2v) is 4.44. The molecule has 2 aliphatic carbocycles. The van der Waals surface area contributed by atoms with Crippen LogP contribution in [0.1, 0.15) is 32.1 Å². The average Bonchev–Trinajstić information content (AvgIpc) is 2.78. The topological polar surface area (TPSA) is 64.3 Å². The van der Waals surface area contributed by atoms with Gasteiger partial charge in [0.15, 0.2) is 0 Å². The van der Waals surface area contributed by atoms with Crippen LogP contribution in [-0.4, -0.2) is 30.7 Å². The van der Waals surface area contributed by atoms with E-state index in [1.807, 2.05) is 0 Å². The van der Waals surface area contributed by atoms with Gasteiger partial charge in [0.1, 0.15) is 0 Å². The van der Waals surface area contributed by atoms with Crippen LogP contribution in [0.2, 0.25) is 0 Å². The molecule has 2 aliphatic rings. The van der Waals surface area contributed by atoms with Crippen molar-refractivity contribution in [1.82, 2.24) is 5.32 Å². The van der Waals surface area contributed by atoms with Crippen LogP contribution >= 0.6 is 0 Å². The van der Waals surface area contributed by atoms with E-state index in [2.05, 4.69) is 5.32 Å². The standard InChI is InChI=1S/C10H18N2O2/c1-14-8-4-2-3-7(8)12-9(13)10(11)5-6-10/h7-8H,2-6,11H2,1H3,(H,12,13). The Balaban J connectivity index is 1.87. The van der Waals surface area contributed by atoms with Gasteiger partial charge in [-0.1, -0.05) is 0 Å². The first-order valence-electron chi connectivity index (χ1n) is 5.28. The van der Waals surface area contributed by atoms with Gasteiger partial charge in [0, 0.05) is 7.11 Å². The van der Waals surface area contributed by atoms with Crippen molar-refractivity contribution in [2.45, 2.75) is 49.8 Å². The van der Waals surface area contributed by atoms with Gasteiger partial charge in [-0.15, -0.1) is 0 Å². The lowest BCUT2D eigenvalue weighted by Crippen LogP contribution is -2.49. The molecule has 4 nitrogen and oxygen atoms in total. The highest BCUT2D eigenvalue weighted by molar-refractivity contribution is 5.89. The van der Waals surface area contributed by atoms with Crippen molar-refractivity contribution in [1.29, 1.82) is 0 Å². The summed E-state index contributed by atoms with van der Waals surface area (Å²) in [4.78, 5) is 11.7. The number of hydrogen-bond donors (Lipinski definition) is 2. The maximum absolute atomic E-state index is 11.7. The van der Waals surface area contributed by atoms with Crippen LogP contribution in [0.4, 0.5) is 0 Å². The van der Waals surface area contributed by atoms with E-state index in [4.69, 9.17) is 10.5 Å². The fraction of sp³-hybridized carbons (Fsp3) is 0.900. The van der Waals surface area contributed by atoms with E-state index in [0.29, 0.717) is 0 Å². The molecule has 0 bridgehead atoms. The first-order chi connectivity index (χ1) is 6.65. The van der Waals surface area contributed by atoms with E-state index in [9.17, 15) is 4.79 Å². The molecule has 0 aromatic heterocycles. The number of nitrogens with one attached hydrogen (secondary N) is 1. The number of rotatable bonds is 3. The molecule has 4 heteroatoms. The van der Waals surface area contributed by atoms with Crippen LogP contribution < -0.4 is 11.1 Å². The van der Waals surface area contributed by atoms with Gasteiger partial charge in [-0.3, -0.25) is 4.79 Å². The first kappa shape index (κ1) is 9.93. The number of hydrogen-bond acceptors (Lipinski definition) is 3. The molecule has 2 saturated carbocycles. The molecule has 0 spiro atoms. The Kier molecular flexibility index (Phi) is 2.49. The summed E-state index contributed by atoms with van der Waals surface area (Å²) in [6.07, 6.45) is 5.01. The molecule has 2 unspecified atom stereocenters. The van der Waals surface area contributed by atoms with E-state index in [1.54, 1.807) is 7.11 Å². The second kappa shape index (κ2) is 3.51. The molecule has 0 saturated heterocycles. The Morgan fingerprint density at radius 1 is 1.50 bits per heavy atom. The molecule has 0 aromatic carbocycles. The van der Waals surface area contributed by atoms with Crippen molar-refractivity contribution in [2.24, 2.45) is 5.73 Å². The summed E-state index contributed by atoms with van der Waals surface area (Å²) >= 11 is 0. The van der Waals surface area contributed by atoms with Gasteiger partial charge in [-0.2, -0.15) is 0 Å². The van der Waals surface area contributed by atoms with Gasteiger partial charge in [-0.05, 0) is 32.1 Å². The molecule has 80 valence electrons. The largest absolute Gasteiger partial charge is 0.379 e. The highest BCUT2D eigenvalue weighted by Gasteiger charge is 2.47.